The Kier molecular flexibility index (Phi) is 4.71. The van der Waals surface area contributed by atoms with Gasteiger partial charge in [0.05, 0.1) is 5.69 Å². The maximum absolute atomic E-state index is 13.1. The van der Waals surface area contributed by atoms with Crippen molar-refractivity contribution in [1.82, 2.24) is 25.4 Å². The van der Waals surface area contributed by atoms with E-state index in [-0.39, 0.29) is 29.5 Å². The summed E-state index contributed by atoms with van der Waals surface area (Å²) < 4.78 is 39.9. The predicted octanol–water partition coefficient (Wildman–Crippen LogP) is 1.20. The van der Waals surface area contributed by atoms with Gasteiger partial charge in [-0.15, -0.1) is 11.3 Å². The summed E-state index contributed by atoms with van der Waals surface area (Å²) in [6.07, 6.45) is -4.38. The van der Waals surface area contributed by atoms with Crippen LogP contribution in [0.25, 0.3) is 5.13 Å². The molecule has 0 saturated carbocycles. The average molecular weight is 389 g/mol. The number of carbonyl (C=O) groups is 2. The topological polar surface area (TPSA) is 109 Å². The Labute approximate surface area is 149 Å². The second-order valence-corrected chi connectivity index (χ2v) is 6.64. The fraction of sp³-hybridized carbons (Fsp3) is 0.429. The van der Waals surface area contributed by atoms with E-state index in [9.17, 15) is 22.8 Å². The molecule has 1 saturated heterocycles. The molecule has 0 aromatic carbocycles. The number of carbonyl (C=O) groups excluding carboxylic acids is 1. The van der Waals surface area contributed by atoms with Gasteiger partial charge in [0.2, 0.25) is 5.13 Å². The molecule has 3 heterocycles. The molecule has 0 unspecified atom stereocenters. The molecule has 3 N–H and O–H groups in total. The number of thiazole rings is 1. The molecule has 1 aliphatic rings. The van der Waals surface area contributed by atoms with Gasteiger partial charge in [-0.25, -0.2) is 9.67 Å². The molecule has 0 spiro atoms. The third-order valence-corrected chi connectivity index (χ3v) is 4.61. The third-order valence-electron chi connectivity index (χ3n) is 3.79. The van der Waals surface area contributed by atoms with Gasteiger partial charge in [-0.2, -0.15) is 18.3 Å². The Hall–Kier alpha value is -2.47. The number of halogens is 3. The molecule has 0 bridgehead atoms. The van der Waals surface area contributed by atoms with E-state index in [1.54, 1.807) is 0 Å². The fourth-order valence-electron chi connectivity index (χ4n) is 2.61. The predicted molar refractivity (Wildman–Crippen MR) is 84.3 cm³/mol. The zero-order chi connectivity index (χ0) is 19.1. The minimum absolute atomic E-state index is 0.0509. The number of carboxylic acid groups (broad SMARTS) is 1. The van der Waals surface area contributed by atoms with E-state index in [4.69, 9.17) is 5.11 Å². The van der Waals surface area contributed by atoms with E-state index < -0.39 is 35.8 Å². The number of hydrogen-bond acceptors (Lipinski definition) is 6. The molecular weight excluding hydrogens is 375 g/mol. The highest BCUT2D eigenvalue weighted by molar-refractivity contribution is 7.12. The van der Waals surface area contributed by atoms with Gasteiger partial charge in [0.1, 0.15) is 11.7 Å². The van der Waals surface area contributed by atoms with E-state index in [0.717, 1.165) is 17.4 Å². The number of rotatable bonds is 4. The normalized spacial score (nSPS) is 20.3. The smallest absolute Gasteiger partial charge is 0.433 e. The lowest BCUT2D eigenvalue weighted by atomic mass is 10.2. The lowest BCUT2D eigenvalue weighted by Gasteiger charge is -2.10. The largest absolute Gasteiger partial charge is 0.480 e. The van der Waals surface area contributed by atoms with Crippen LogP contribution in [0.15, 0.2) is 11.4 Å². The molecule has 1 fully saturated rings. The highest BCUT2D eigenvalue weighted by Crippen LogP contribution is 2.32. The van der Waals surface area contributed by atoms with Crippen molar-refractivity contribution >= 4 is 23.2 Å². The summed E-state index contributed by atoms with van der Waals surface area (Å²) >= 11 is 0.857. The Bertz CT molecular complexity index is 847. The number of nitrogens with zero attached hydrogens (tertiary/aromatic N) is 3. The van der Waals surface area contributed by atoms with Crippen molar-refractivity contribution < 1.29 is 27.9 Å². The van der Waals surface area contributed by atoms with E-state index in [1.807, 2.05) is 0 Å². The number of alkyl halides is 3. The summed E-state index contributed by atoms with van der Waals surface area (Å²) in [7, 11) is 0. The Morgan fingerprint density at radius 1 is 1.46 bits per heavy atom. The molecule has 2 aromatic rings. The van der Waals surface area contributed by atoms with Gasteiger partial charge in [-0.1, -0.05) is 0 Å². The zero-order valence-electron chi connectivity index (χ0n) is 13.4. The van der Waals surface area contributed by atoms with Crippen molar-refractivity contribution in [2.75, 3.05) is 6.54 Å². The monoisotopic (exact) mass is 389 g/mol. The van der Waals surface area contributed by atoms with Gasteiger partial charge < -0.3 is 15.7 Å². The van der Waals surface area contributed by atoms with Gasteiger partial charge in [-0.05, 0) is 19.4 Å². The Morgan fingerprint density at radius 2 is 2.19 bits per heavy atom. The molecule has 1 amide bonds. The SMILES string of the molecule is Cc1cc(C(F)(F)F)n(-c2nc(C(=O)N[C@@H]3CN[C@H](C(=O)O)C3)cs2)n1. The van der Waals surface area contributed by atoms with Gasteiger partial charge >= 0.3 is 12.1 Å². The van der Waals surface area contributed by atoms with Crippen LogP contribution in [0.4, 0.5) is 13.2 Å². The van der Waals surface area contributed by atoms with Gasteiger partial charge in [0, 0.05) is 18.0 Å². The second kappa shape index (κ2) is 6.68. The molecule has 12 heteroatoms. The number of aryl methyl sites for hydroxylation is 1. The molecule has 26 heavy (non-hydrogen) atoms. The van der Waals surface area contributed by atoms with Crippen LogP contribution in [0.3, 0.4) is 0 Å². The van der Waals surface area contributed by atoms with Crippen LogP contribution in [0.5, 0.6) is 0 Å². The van der Waals surface area contributed by atoms with Crippen LogP contribution in [0.1, 0.15) is 28.3 Å². The first-order valence-corrected chi connectivity index (χ1v) is 8.40. The third kappa shape index (κ3) is 3.70. The van der Waals surface area contributed by atoms with Gasteiger partial charge in [0.15, 0.2) is 5.69 Å². The first-order valence-electron chi connectivity index (χ1n) is 7.52. The molecule has 140 valence electrons. The standard InChI is InChI=1S/C14H14F3N5O3S/c1-6-2-10(14(15,16)17)22(21-6)13-20-9(5-26-13)11(23)19-7-3-8(12(24)25)18-4-7/h2,5,7-8,18H,3-4H2,1H3,(H,19,23)(H,24,25)/t7-,8-/m0/s1. The van der Waals surface area contributed by atoms with E-state index in [1.165, 1.54) is 12.3 Å². The summed E-state index contributed by atoms with van der Waals surface area (Å²) in [5.41, 5.74) is -0.846. The van der Waals surface area contributed by atoms with E-state index in [0.29, 0.717) is 4.68 Å². The molecule has 1 aliphatic heterocycles. The maximum atomic E-state index is 13.1. The summed E-state index contributed by atoms with van der Waals surface area (Å²) in [6, 6.07) is -0.240. The highest BCUT2D eigenvalue weighted by atomic mass is 32.1. The van der Waals surface area contributed by atoms with Crippen molar-refractivity contribution in [3.05, 3.63) is 28.5 Å². The second-order valence-electron chi connectivity index (χ2n) is 5.80. The number of nitrogens with one attached hydrogen (secondary N) is 2. The summed E-state index contributed by atoms with van der Waals surface area (Å²) in [4.78, 5) is 27.0. The fourth-order valence-corrected chi connectivity index (χ4v) is 3.37. The first-order chi connectivity index (χ1) is 12.1. The summed E-state index contributed by atoms with van der Waals surface area (Å²) in [5, 5.41) is 19.3. The summed E-state index contributed by atoms with van der Waals surface area (Å²) in [6.45, 7) is 1.72. The maximum Gasteiger partial charge on any atom is 0.433 e. The lowest BCUT2D eigenvalue weighted by molar-refractivity contribution is -0.143. The van der Waals surface area contributed by atoms with E-state index in [2.05, 4.69) is 20.7 Å². The Morgan fingerprint density at radius 3 is 2.81 bits per heavy atom. The van der Waals surface area contributed by atoms with Crippen molar-refractivity contribution in [1.29, 1.82) is 0 Å². The number of aromatic nitrogens is 3. The quantitative estimate of drug-likeness (QED) is 0.725. The van der Waals surface area contributed by atoms with Crippen molar-refractivity contribution in [2.24, 2.45) is 0 Å². The molecule has 2 aromatic heterocycles. The van der Waals surface area contributed by atoms with Crippen molar-refractivity contribution in [2.45, 2.75) is 31.6 Å². The first kappa shape index (κ1) is 18.3. The number of carboxylic acids is 1. The molecule has 3 rings (SSSR count). The van der Waals surface area contributed by atoms with Crippen LogP contribution in [0, 0.1) is 6.92 Å². The van der Waals surface area contributed by atoms with Gasteiger partial charge in [-0.3, -0.25) is 9.59 Å². The number of amides is 1. The molecule has 0 aliphatic carbocycles. The van der Waals surface area contributed by atoms with E-state index >= 15 is 0 Å². The number of aliphatic carboxylic acids is 1. The molecule has 8 nitrogen and oxygen atoms in total. The zero-order valence-corrected chi connectivity index (χ0v) is 14.2. The minimum atomic E-state index is -4.60. The minimum Gasteiger partial charge on any atom is -0.480 e. The van der Waals surface area contributed by atoms with Crippen molar-refractivity contribution in [3.8, 4) is 5.13 Å². The average Bonchev–Trinajstić information content (AvgIpc) is 3.23. The Balaban J connectivity index is 1.75. The molecular formula is C14H14F3N5O3S. The van der Waals surface area contributed by atoms with Crippen LogP contribution in [-0.2, 0) is 11.0 Å². The highest BCUT2D eigenvalue weighted by Gasteiger charge is 2.37. The summed E-state index contributed by atoms with van der Waals surface area (Å²) in [5.74, 6) is -1.59. The molecule has 2 atom stereocenters. The molecule has 0 radical (unpaired) electrons. The van der Waals surface area contributed by atoms with Crippen LogP contribution in [-0.4, -0.2) is 50.4 Å². The van der Waals surface area contributed by atoms with Crippen LogP contribution >= 0.6 is 11.3 Å². The van der Waals surface area contributed by atoms with Gasteiger partial charge in [0.25, 0.3) is 5.91 Å². The lowest BCUT2D eigenvalue weighted by Crippen LogP contribution is -2.36. The van der Waals surface area contributed by atoms with Crippen LogP contribution < -0.4 is 10.6 Å². The van der Waals surface area contributed by atoms with Crippen molar-refractivity contribution in [3.63, 3.8) is 0 Å². The van der Waals surface area contributed by atoms with Crippen LogP contribution in [0.2, 0.25) is 0 Å². The number of hydrogen-bond donors (Lipinski definition) is 3.